The lowest BCUT2D eigenvalue weighted by Gasteiger charge is -2.49. The minimum absolute atomic E-state index is 0.280. The van der Waals surface area contributed by atoms with Gasteiger partial charge in [-0.25, -0.2) is 13.2 Å². The third-order valence-electron chi connectivity index (χ3n) is 4.49. The Hall–Kier alpha value is -2.76. The molecule has 0 bridgehead atoms. The maximum Gasteiger partial charge on any atom is 0.352 e. The molecular formula is C16H17N3O7S. The van der Waals surface area contributed by atoms with Crippen molar-refractivity contribution >= 4 is 27.6 Å². The summed E-state index contributed by atoms with van der Waals surface area (Å²) in [5, 5.41) is 19.3. The second-order valence-corrected chi connectivity index (χ2v) is 8.29. The summed E-state index contributed by atoms with van der Waals surface area (Å²) in [6.45, 7) is -0.812. The number of β-lactam (4-membered cyclic amide) rings is 1. The Bertz CT molecular complexity index is 942. The van der Waals surface area contributed by atoms with Crippen molar-refractivity contribution in [2.24, 2.45) is 5.73 Å². The molecule has 1 aromatic carbocycles. The number of amides is 2. The van der Waals surface area contributed by atoms with Gasteiger partial charge < -0.3 is 21.3 Å². The van der Waals surface area contributed by atoms with Crippen LogP contribution in [0.15, 0.2) is 41.6 Å². The highest BCUT2D eigenvalue weighted by Gasteiger charge is 2.60. The van der Waals surface area contributed by atoms with E-state index in [1.165, 1.54) is 0 Å². The highest BCUT2D eigenvalue weighted by Crippen LogP contribution is 2.36. The summed E-state index contributed by atoms with van der Waals surface area (Å²) in [5.41, 5.74) is 5.47. The van der Waals surface area contributed by atoms with Crippen LogP contribution in [0.25, 0.3) is 0 Å². The van der Waals surface area contributed by atoms with Gasteiger partial charge in [0.2, 0.25) is 5.91 Å². The standard InChI is InChI=1S/C16H17N3O7S/c17-10(8-4-2-1-3-5-8)13(21)18-11-14(22)19-12(16(23)24)9(6-20)7-27(25,26)15(11)19/h1-5,10-11,15,20H,6-7,17H2,(H,18,21)(H,23,24)/t10?,11-,15-/m0/s1. The number of nitrogens with two attached hydrogens (primary N) is 1. The van der Waals surface area contributed by atoms with E-state index in [0.717, 1.165) is 0 Å². The zero-order valence-electron chi connectivity index (χ0n) is 13.9. The number of hydrogen-bond acceptors (Lipinski definition) is 7. The van der Waals surface area contributed by atoms with E-state index in [2.05, 4.69) is 5.32 Å². The zero-order valence-corrected chi connectivity index (χ0v) is 14.7. The molecule has 2 amide bonds. The van der Waals surface area contributed by atoms with Crippen LogP contribution in [0.1, 0.15) is 11.6 Å². The summed E-state index contributed by atoms with van der Waals surface area (Å²) < 4.78 is 24.9. The smallest absolute Gasteiger partial charge is 0.352 e. The Morgan fingerprint density at radius 1 is 1.30 bits per heavy atom. The predicted molar refractivity (Wildman–Crippen MR) is 91.5 cm³/mol. The van der Waals surface area contributed by atoms with Gasteiger partial charge in [0.1, 0.15) is 17.8 Å². The molecule has 0 spiro atoms. The Balaban J connectivity index is 1.86. The van der Waals surface area contributed by atoms with Crippen molar-refractivity contribution in [3.63, 3.8) is 0 Å². The number of aliphatic hydroxyl groups is 1. The lowest BCUT2D eigenvalue weighted by Crippen LogP contribution is -2.75. The van der Waals surface area contributed by atoms with Gasteiger partial charge in [0.15, 0.2) is 15.2 Å². The number of rotatable bonds is 5. The third-order valence-corrected chi connectivity index (χ3v) is 6.46. The van der Waals surface area contributed by atoms with Gasteiger partial charge in [-0.05, 0) is 5.56 Å². The molecule has 11 heteroatoms. The van der Waals surface area contributed by atoms with Crippen LogP contribution in [0, 0.1) is 0 Å². The molecule has 1 unspecified atom stereocenters. The zero-order chi connectivity index (χ0) is 19.9. The average molecular weight is 395 g/mol. The Labute approximate surface area is 154 Å². The van der Waals surface area contributed by atoms with Crippen LogP contribution in [-0.2, 0) is 24.2 Å². The summed E-state index contributed by atoms with van der Waals surface area (Å²) in [7, 11) is -4.00. The van der Waals surface area contributed by atoms with Crippen molar-refractivity contribution in [3.8, 4) is 0 Å². The molecule has 2 aliphatic rings. The fourth-order valence-electron chi connectivity index (χ4n) is 3.20. The number of nitrogens with one attached hydrogen (secondary N) is 1. The van der Waals surface area contributed by atoms with Crippen LogP contribution in [-0.4, -0.2) is 65.1 Å². The first-order valence-corrected chi connectivity index (χ1v) is 9.62. The van der Waals surface area contributed by atoms with E-state index in [0.29, 0.717) is 10.5 Å². The minimum Gasteiger partial charge on any atom is -0.477 e. The topological polar surface area (TPSA) is 167 Å². The lowest BCUT2D eigenvalue weighted by molar-refractivity contribution is -0.151. The van der Waals surface area contributed by atoms with Crippen LogP contribution < -0.4 is 11.1 Å². The van der Waals surface area contributed by atoms with Crippen molar-refractivity contribution in [2.45, 2.75) is 17.5 Å². The number of benzene rings is 1. The van der Waals surface area contributed by atoms with Crippen molar-refractivity contribution < 1.29 is 33.0 Å². The highest BCUT2D eigenvalue weighted by molar-refractivity contribution is 7.92. The molecule has 0 aromatic heterocycles. The summed E-state index contributed by atoms with van der Waals surface area (Å²) in [5.74, 6) is -3.89. The number of aliphatic carboxylic acids is 1. The normalized spacial score (nSPS) is 24.7. The van der Waals surface area contributed by atoms with E-state index in [4.69, 9.17) is 5.73 Å². The monoisotopic (exact) mass is 395 g/mol. The van der Waals surface area contributed by atoms with Crippen LogP contribution in [0.3, 0.4) is 0 Å². The first kappa shape index (κ1) is 19.0. The first-order valence-electron chi connectivity index (χ1n) is 7.90. The molecule has 5 N–H and O–H groups in total. The van der Waals surface area contributed by atoms with E-state index in [9.17, 15) is 33.0 Å². The summed E-state index contributed by atoms with van der Waals surface area (Å²) >= 11 is 0. The number of hydrogen-bond donors (Lipinski definition) is 4. The number of sulfone groups is 1. The van der Waals surface area contributed by atoms with Crippen LogP contribution in [0.4, 0.5) is 0 Å². The molecule has 0 saturated carbocycles. The minimum atomic E-state index is -4.00. The van der Waals surface area contributed by atoms with Crippen LogP contribution in [0.2, 0.25) is 0 Å². The number of carboxylic acid groups (broad SMARTS) is 1. The van der Waals surface area contributed by atoms with Gasteiger partial charge in [0.05, 0.1) is 12.4 Å². The molecule has 27 heavy (non-hydrogen) atoms. The maximum absolute atomic E-state index is 12.4. The number of fused-ring (bicyclic) bond motifs is 1. The summed E-state index contributed by atoms with van der Waals surface area (Å²) in [6, 6.07) is 5.72. The van der Waals surface area contributed by atoms with E-state index in [1.54, 1.807) is 30.3 Å². The number of carbonyl (C=O) groups excluding carboxylic acids is 2. The Morgan fingerprint density at radius 2 is 1.93 bits per heavy atom. The SMILES string of the molecule is NC(C(=O)N[C@H]1C(=O)N2C(C(=O)O)=C(CO)CS(=O)(=O)[C@@H]12)c1ccccc1. The van der Waals surface area contributed by atoms with Crippen LogP contribution in [0.5, 0.6) is 0 Å². The molecule has 0 aliphatic carbocycles. The number of carboxylic acids is 1. The third kappa shape index (κ3) is 3.09. The molecule has 2 heterocycles. The van der Waals surface area contributed by atoms with Gasteiger partial charge in [-0.2, -0.15) is 0 Å². The van der Waals surface area contributed by atoms with Crippen molar-refractivity contribution in [3.05, 3.63) is 47.2 Å². The van der Waals surface area contributed by atoms with Gasteiger partial charge in [0.25, 0.3) is 5.91 Å². The maximum atomic E-state index is 12.4. The van der Waals surface area contributed by atoms with Gasteiger partial charge >= 0.3 is 5.97 Å². The number of carbonyl (C=O) groups is 3. The molecule has 1 fully saturated rings. The fourth-order valence-corrected chi connectivity index (χ4v) is 5.21. The second kappa shape index (κ2) is 6.76. The van der Waals surface area contributed by atoms with Crippen molar-refractivity contribution in [1.29, 1.82) is 0 Å². The van der Waals surface area contributed by atoms with Gasteiger partial charge in [0, 0.05) is 5.57 Å². The predicted octanol–water partition coefficient (Wildman–Crippen LogP) is -1.90. The Morgan fingerprint density at radius 3 is 2.48 bits per heavy atom. The Kier molecular flexibility index (Phi) is 4.76. The molecule has 10 nitrogen and oxygen atoms in total. The van der Waals surface area contributed by atoms with Crippen molar-refractivity contribution in [2.75, 3.05) is 12.4 Å². The molecule has 3 rings (SSSR count). The largest absolute Gasteiger partial charge is 0.477 e. The summed E-state index contributed by atoms with van der Waals surface area (Å²) in [6.07, 6.45) is 0. The quantitative estimate of drug-likeness (QED) is 0.419. The van der Waals surface area contributed by atoms with Gasteiger partial charge in [-0.15, -0.1) is 0 Å². The highest BCUT2D eigenvalue weighted by atomic mass is 32.2. The molecular weight excluding hydrogens is 378 g/mol. The van der Waals surface area contributed by atoms with Gasteiger partial charge in [-0.3, -0.25) is 14.5 Å². The first-order chi connectivity index (χ1) is 12.7. The fraction of sp³-hybridized carbons (Fsp3) is 0.312. The van der Waals surface area contributed by atoms with E-state index >= 15 is 0 Å². The van der Waals surface area contributed by atoms with E-state index in [1.807, 2.05) is 0 Å². The number of nitrogens with zero attached hydrogens (tertiary/aromatic N) is 1. The molecule has 144 valence electrons. The van der Waals surface area contributed by atoms with E-state index in [-0.39, 0.29) is 5.57 Å². The lowest BCUT2D eigenvalue weighted by atomic mass is 10.0. The average Bonchev–Trinajstić information content (AvgIpc) is 2.64. The van der Waals surface area contributed by atoms with E-state index < -0.39 is 63.1 Å². The molecule has 1 saturated heterocycles. The number of aliphatic hydroxyl groups excluding tert-OH is 1. The molecule has 1 aromatic rings. The summed E-state index contributed by atoms with van der Waals surface area (Å²) in [4.78, 5) is 36.7. The molecule has 2 aliphatic heterocycles. The van der Waals surface area contributed by atoms with Crippen LogP contribution >= 0.6 is 0 Å². The van der Waals surface area contributed by atoms with Crippen molar-refractivity contribution in [1.82, 2.24) is 10.2 Å². The molecule has 3 atom stereocenters. The van der Waals surface area contributed by atoms with Gasteiger partial charge in [-0.1, -0.05) is 30.3 Å². The second-order valence-electron chi connectivity index (χ2n) is 6.20. The molecule has 0 radical (unpaired) electrons.